The number of allylic oxidation sites excluding steroid dienone is 2. The Morgan fingerprint density at radius 3 is 2.30 bits per heavy atom. The summed E-state index contributed by atoms with van der Waals surface area (Å²) in [4.78, 5) is 14.1. The van der Waals surface area contributed by atoms with Gasteiger partial charge in [-0.25, -0.2) is 6.08 Å². The van der Waals surface area contributed by atoms with Crippen LogP contribution in [0.4, 0.5) is 0 Å². The van der Waals surface area contributed by atoms with E-state index in [0.29, 0.717) is 5.56 Å². The maximum absolute atomic E-state index is 11.5. The quantitative estimate of drug-likeness (QED) is 0.139. The zero-order valence-corrected chi connectivity index (χ0v) is 24.5. The summed E-state index contributed by atoms with van der Waals surface area (Å²) in [6, 6.07) is 7.26. The first-order chi connectivity index (χ1) is 17.3. The number of aliphatic hydroxyl groups is 1. The molecule has 37 heavy (non-hydrogen) atoms. The number of nitriles is 1. The molecule has 1 heterocycles. The van der Waals surface area contributed by atoms with Crippen LogP contribution in [0, 0.1) is 17.5 Å². The van der Waals surface area contributed by atoms with Crippen LogP contribution in [0.3, 0.4) is 0 Å². The summed E-state index contributed by atoms with van der Waals surface area (Å²) < 4.78 is 0. The minimum absolute atomic E-state index is 0. The molecule has 7 N–H and O–H groups in total. The van der Waals surface area contributed by atoms with Crippen LogP contribution in [0.5, 0.6) is 5.75 Å². The number of likely N-dealkylation sites (tertiary alicyclic amines) is 1. The number of hydrogen-bond acceptors (Lipinski definition) is 7. The molecule has 1 amide bonds. The van der Waals surface area contributed by atoms with Gasteiger partial charge in [-0.05, 0) is 56.7 Å². The van der Waals surface area contributed by atoms with E-state index in [4.69, 9.17) is 33.4 Å². The Labute approximate surface area is 238 Å². The molecule has 2 aliphatic carbocycles. The molecule has 0 spiro atoms. The monoisotopic (exact) mass is 708 g/mol. The van der Waals surface area contributed by atoms with Crippen molar-refractivity contribution < 1.29 is 34.8 Å². The minimum atomic E-state index is -0.214. The van der Waals surface area contributed by atoms with Crippen LogP contribution < -0.4 is 16.8 Å². The summed E-state index contributed by atoms with van der Waals surface area (Å²) in [7, 11) is 0. The molecule has 1 radical (unpaired) electrons. The Morgan fingerprint density at radius 2 is 1.78 bits per heavy atom. The Balaban J connectivity index is 0.000000280. The number of piperidine rings is 1. The van der Waals surface area contributed by atoms with Crippen LogP contribution in [0.15, 0.2) is 36.0 Å². The molecule has 3 fully saturated rings. The zero-order chi connectivity index (χ0) is 26.3. The van der Waals surface area contributed by atoms with E-state index in [1.165, 1.54) is 68.9 Å². The first kappa shape index (κ1) is 32.9. The van der Waals surface area contributed by atoms with Crippen LogP contribution in [0.25, 0.3) is 0 Å². The molecule has 1 aliphatic heterocycles. The predicted octanol–water partition coefficient (Wildman–Crippen LogP) is 3.46. The first-order valence-electron chi connectivity index (χ1n) is 12.7. The number of nitrogens with two attached hydrogens (primary N) is 2. The molecule has 1 aromatic rings. The van der Waals surface area contributed by atoms with Crippen molar-refractivity contribution in [1.82, 2.24) is 10.2 Å². The van der Waals surface area contributed by atoms with Crippen LogP contribution in [0.2, 0.25) is 5.02 Å². The second-order valence-corrected chi connectivity index (χ2v) is 9.80. The molecule has 0 bridgehead atoms. The molecule has 2 saturated carbocycles. The topological polar surface area (TPSA) is 149 Å². The fourth-order valence-corrected chi connectivity index (χ4v) is 4.54. The first-order valence-corrected chi connectivity index (χ1v) is 13.1. The van der Waals surface area contributed by atoms with Gasteiger partial charge in [0, 0.05) is 30.9 Å². The number of halogens is 1. The smallest absolute Gasteiger partial charge is 0.508 e. The molecule has 4 rings (SSSR count). The summed E-state index contributed by atoms with van der Waals surface area (Å²) in [5.74, 6) is -0.141. The van der Waals surface area contributed by atoms with Gasteiger partial charge >= 0.3 is 19.8 Å². The normalized spacial score (nSPS) is 19.2. The van der Waals surface area contributed by atoms with E-state index < -0.39 is 0 Å². The van der Waals surface area contributed by atoms with Crippen molar-refractivity contribution in [3.8, 4) is 11.8 Å². The largest absolute Gasteiger partial charge is 1.00 e. The van der Waals surface area contributed by atoms with Gasteiger partial charge in [0.1, 0.15) is 11.8 Å². The second-order valence-electron chi connectivity index (χ2n) is 9.39. The molecule has 0 unspecified atom stereocenters. The van der Waals surface area contributed by atoms with Gasteiger partial charge in [-0.3, -0.25) is 4.79 Å². The number of benzene rings is 1. The number of carbonyl (C=O) groups is 1. The summed E-state index contributed by atoms with van der Waals surface area (Å²) in [5, 5.41) is 29.7. The van der Waals surface area contributed by atoms with E-state index in [2.05, 4.69) is 16.4 Å². The Bertz CT molecular complexity index is 919. The van der Waals surface area contributed by atoms with Crippen molar-refractivity contribution in [2.24, 2.45) is 11.5 Å². The van der Waals surface area contributed by atoms with E-state index in [0.717, 1.165) is 44.8 Å². The summed E-state index contributed by atoms with van der Waals surface area (Å²) in [5.41, 5.74) is 11.1. The summed E-state index contributed by atoms with van der Waals surface area (Å²) >= 11 is 5.55. The second kappa shape index (κ2) is 18.2. The molecule has 1 saturated heterocycles. The van der Waals surface area contributed by atoms with Crippen molar-refractivity contribution in [3.05, 3.63) is 52.8 Å². The molecule has 3 aliphatic rings. The average molecular weight is 707 g/mol. The molecular weight excluding hydrogens is 668 g/mol. The third-order valence-corrected chi connectivity index (χ3v) is 7.04. The maximum atomic E-state index is 11.5. The van der Waals surface area contributed by atoms with Crippen molar-refractivity contribution in [3.63, 3.8) is 0 Å². The fourth-order valence-electron chi connectivity index (χ4n) is 4.33. The standard InChI is InChI=1S/C11H18N3O.C9H17NO.C7H4ClNO.Os/c12-8-4-7-10(13)11(15)14-9-5-2-1-3-6-9;11-9-4-6-10(7-5-9)8-2-1-3-8;8-7-3-6(10)2-1-5(7)4-9;/h4,7,9H,1-3,5-6,12-13H2,(H,14,15);8-9,11H,1-7H2;1-3,10H;/q-1;;;+1/b10-7-;;;. The molecule has 10 heteroatoms. The number of hydrogen-bond donors (Lipinski definition) is 5. The maximum Gasteiger partial charge on any atom is 1.00 e. The Kier molecular flexibility index (Phi) is 16.2. The van der Waals surface area contributed by atoms with E-state index in [1.54, 1.807) is 0 Å². The number of carbonyl (C=O) groups excluding carboxylic acids is 1. The van der Waals surface area contributed by atoms with Gasteiger partial charge in [0.25, 0.3) is 0 Å². The van der Waals surface area contributed by atoms with E-state index in [1.807, 2.05) is 6.07 Å². The van der Waals surface area contributed by atoms with Crippen molar-refractivity contribution in [2.45, 2.75) is 82.4 Å². The number of phenolic OH excluding ortho intramolecular Hbond substituents is 1. The number of rotatable bonds is 4. The number of aliphatic hydroxyl groups excluding tert-OH is 1. The van der Waals surface area contributed by atoms with Crippen LogP contribution in [-0.2, 0) is 24.6 Å². The number of amides is 1. The zero-order valence-electron chi connectivity index (χ0n) is 21.2. The van der Waals surface area contributed by atoms with Crippen molar-refractivity contribution >= 4 is 17.5 Å². The van der Waals surface area contributed by atoms with Gasteiger partial charge < -0.3 is 31.9 Å². The summed E-state index contributed by atoms with van der Waals surface area (Å²) in [6.45, 7) is 2.26. The molecular formula is C27H39ClN5O3Os. The van der Waals surface area contributed by atoms with Gasteiger partial charge in [-0.15, -0.1) is 0 Å². The third-order valence-electron chi connectivity index (χ3n) is 6.72. The number of phenols is 1. The molecule has 0 atom stereocenters. The molecule has 205 valence electrons. The number of aromatic hydroxyl groups is 1. The number of nitrogens with zero attached hydrogens (tertiary/aromatic N) is 2. The fraction of sp³-hybridized carbons (Fsp3) is 0.556. The van der Waals surface area contributed by atoms with Crippen LogP contribution >= 0.6 is 11.6 Å². The SMILES string of the molecule is N#Cc1ccc(O)cc1Cl.N[C-]=C/C=C(\N)C(=O)NC1CCCCC1.OC1CCN(C2CCC2)CC1.[Os+]. The third kappa shape index (κ3) is 12.3. The van der Waals surface area contributed by atoms with E-state index >= 15 is 0 Å². The van der Waals surface area contributed by atoms with Crippen LogP contribution in [0.1, 0.15) is 69.8 Å². The average Bonchev–Trinajstić information content (AvgIpc) is 2.84. The van der Waals surface area contributed by atoms with Crippen molar-refractivity contribution in [2.75, 3.05) is 13.1 Å². The molecule has 1 aromatic carbocycles. The van der Waals surface area contributed by atoms with Gasteiger partial charge in [-0.2, -0.15) is 17.5 Å². The van der Waals surface area contributed by atoms with E-state index in [-0.39, 0.29) is 54.3 Å². The minimum Gasteiger partial charge on any atom is -0.508 e. The van der Waals surface area contributed by atoms with E-state index in [9.17, 15) is 9.90 Å². The Morgan fingerprint density at radius 1 is 1.14 bits per heavy atom. The molecule has 8 nitrogen and oxygen atoms in total. The summed E-state index contributed by atoms with van der Waals surface area (Å²) in [6.07, 6.45) is 17.1. The number of nitrogens with one attached hydrogen (secondary N) is 1. The predicted molar refractivity (Wildman–Crippen MR) is 142 cm³/mol. The Hall–Kier alpha value is -2.09. The van der Waals surface area contributed by atoms with Gasteiger partial charge in [0.05, 0.1) is 16.7 Å². The van der Waals surface area contributed by atoms with Gasteiger partial charge in [0.2, 0.25) is 5.91 Å². The van der Waals surface area contributed by atoms with Crippen LogP contribution in [-0.4, -0.2) is 52.3 Å². The molecule has 0 aromatic heterocycles. The van der Waals surface area contributed by atoms with Gasteiger partial charge in [0.15, 0.2) is 0 Å². The van der Waals surface area contributed by atoms with Gasteiger partial charge in [-0.1, -0.05) is 37.3 Å². The van der Waals surface area contributed by atoms with Crippen molar-refractivity contribution in [1.29, 1.82) is 5.26 Å².